The van der Waals surface area contributed by atoms with Gasteiger partial charge < -0.3 is 24.8 Å². The van der Waals surface area contributed by atoms with Gasteiger partial charge in [0.2, 0.25) is 0 Å². The van der Waals surface area contributed by atoms with E-state index < -0.39 is 5.92 Å². The number of hydrogen-bond acceptors (Lipinski definition) is 6. The molecule has 0 radical (unpaired) electrons. The average Bonchev–Trinajstić information content (AvgIpc) is 2.60. The summed E-state index contributed by atoms with van der Waals surface area (Å²) in [6.45, 7) is 3.97. The molecule has 2 aromatic rings. The van der Waals surface area contributed by atoms with Gasteiger partial charge in [-0.3, -0.25) is 4.79 Å². The quantitative estimate of drug-likeness (QED) is 0.711. The zero-order valence-corrected chi connectivity index (χ0v) is 15.4. The first kappa shape index (κ1) is 18.6. The summed E-state index contributed by atoms with van der Waals surface area (Å²) in [5.74, 6) is -0.926. The molecule has 27 heavy (non-hydrogen) atoms. The summed E-state index contributed by atoms with van der Waals surface area (Å²) in [4.78, 5) is 13.0. The van der Waals surface area contributed by atoms with Crippen molar-refractivity contribution in [1.82, 2.24) is 0 Å². The van der Waals surface area contributed by atoms with Gasteiger partial charge in [0, 0.05) is 23.8 Å². The standard InChI is InChI=1S/C21H22O6/c1-11(2)4-5-12-6-14(18(26-3)9-16(12)23)15-10-27-19-8-13(22)7-17(24)20(19)21(15)25/h4,6-9,15,22-24H,5,10H2,1-3H3/t15-/m0/s1. The van der Waals surface area contributed by atoms with Crippen LogP contribution >= 0.6 is 0 Å². The minimum absolute atomic E-state index is 0.0324. The van der Waals surface area contributed by atoms with E-state index in [1.165, 1.54) is 19.2 Å². The molecular weight excluding hydrogens is 348 g/mol. The minimum atomic E-state index is -0.700. The second-order valence-electron chi connectivity index (χ2n) is 6.77. The van der Waals surface area contributed by atoms with Gasteiger partial charge in [-0.1, -0.05) is 11.6 Å². The highest BCUT2D eigenvalue weighted by Crippen LogP contribution is 2.43. The number of carbonyl (C=O) groups is 1. The van der Waals surface area contributed by atoms with Gasteiger partial charge >= 0.3 is 0 Å². The molecule has 3 N–H and O–H groups in total. The molecule has 0 saturated heterocycles. The summed E-state index contributed by atoms with van der Waals surface area (Å²) in [5.41, 5.74) is 2.39. The number of methoxy groups -OCH3 is 1. The number of carbonyl (C=O) groups excluding carboxylic acids is 1. The van der Waals surface area contributed by atoms with Crippen molar-refractivity contribution in [3.05, 3.63) is 52.6 Å². The number of phenols is 3. The van der Waals surface area contributed by atoms with Gasteiger partial charge in [0.1, 0.15) is 40.9 Å². The Bertz CT molecular complexity index is 925. The number of phenolic OH excluding ortho intramolecular Hbond substituents is 3. The maximum Gasteiger partial charge on any atom is 0.181 e. The Labute approximate surface area is 157 Å². The number of aromatic hydroxyl groups is 3. The Morgan fingerprint density at radius 3 is 2.59 bits per heavy atom. The third kappa shape index (κ3) is 3.56. The maximum absolute atomic E-state index is 13.0. The monoisotopic (exact) mass is 370 g/mol. The molecule has 0 unspecified atom stereocenters. The average molecular weight is 370 g/mol. The highest BCUT2D eigenvalue weighted by Gasteiger charge is 2.35. The van der Waals surface area contributed by atoms with Crippen molar-refractivity contribution in [1.29, 1.82) is 0 Å². The van der Waals surface area contributed by atoms with Crippen LogP contribution in [0, 0.1) is 0 Å². The van der Waals surface area contributed by atoms with Crippen LogP contribution in [0.4, 0.5) is 0 Å². The first-order valence-corrected chi connectivity index (χ1v) is 8.58. The minimum Gasteiger partial charge on any atom is -0.508 e. The summed E-state index contributed by atoms with van der Waals surface area (Å²) in [6, 6.07) is 5.64. The van der Waals surface area contributed by atoms with Gasteiger partial charge in [0.25, 0.3) is 0 Å². The molecule has 142 valence electrons. The lowest BCUT2D eigenvalue weighted by Crippen LogP contribution is -2.26. The molecule has 1 atom stereocenters. The normalized spacial score (nSPS) is 15.7. The molecule has 0 saturated carbocycles. The molecule has 1 aliphatic heterocycles. The van der Waals surface area contributed by atoms with Crippen LogP contribution in [0.25, 0.3) is 0 Å². The van der Waals surface area contributed by atoms with E-state index in [0.29, 0.717) is 23.3 Å². The molecule has 0 amide bonds. The van der Waals surface area contributed by atoms with E-state index in [1.54, 1.807) is 6.07 Å². The molecule has 2 aromatic carbocycles. The summed E-state index contributed by atoms with van der Waals surface area (Å²) < 4.78 is 11.0. The van der Waals surface area contributed by atoms with Crippen LogP contribution in [0.3, 0.4) is 0 Å². The molecule has 1 heterocycles. The zero-order valence-electron chi connectivity index (χ0n) is 15.4. The molecule has 3 rings (SSSR count). The van der Waals surface area contributed by atoms with Crippen LogP contribution in [0.15, 0.2) is 35.9 Å². The van der Waals surface area contributed by atoms with Crippen molar-refractivity contribution in [2.24, 2.45) is 0 Å². The zero-order chi connectivity index (χ0) is 19.7. The van der Waals surface area contributed by atoms with E-state index in [4.69, 9.17) is 9.47 Å². The van der Waals surface area contributed by atoms with Crippen molar-refractivity contribution < 1.29 is 29.6 Å². The van der Waals surface area contributed by atoms with E-state index in [1.807, 2.05) is 19.9 Å². The number of fused-ring (bicyclic) bond motifs is 1. The lowest BCUT2D eigenvalue weighted by Gasteiger charge is -2.26. The number of benzene rings is 2. The van der Waals surface area contributed by atoms with Crippen LogP contribution < -0.4 is 9.47 Å². The molecular formula is C21H22O6. The molecule has 6 nitrogen and oxygen atoms in total. The van der Waals surface area contributed by atoms with Crippen molar-refractivity contribution in [3.8, 4) is 28.7 Å². The van der Waals surface area contributed by atoms with Crippen molar-refractivity contribution in [2.75, 3.05) is 13.7 Å². The molecule has 0 aromatic heterocycles. The molecule has 6 heteroatoms. The molecule has 1 aliphatic rings. The summed E-state index contributed by atoms with van der Waals surface area (Å²) in [6.07, 6.45) is 2.50. The van der Waals surface area contributed by atoms with Gasteiger partial charge in [-0.2, -0.15) is 0 Å². The van der Waals surface area contributed by atoms with Crippen LogP contribution in [0.2, 0.25) is 0 Å². The number of ether oxygens (including phenoxy) is 2. The van der Waals surface area contributed by atoms with Crippen LogP contribution in [0.5, 0.6) is 28.7 Å². The Morgan fingerprint density at radius 1 is 1.19 bits per heavy atom. The molecule has 0 spiro atoms. The number of hydrogen-bond donors (Lipinski definition) is 3. The van der Waals surface area contributed by atoms with Crippen molar-refractivity contribution >= 4 is 5.78 Å². The Hall–Kier alpha value is -3.15. The highest BCUT2D eigenvalue weighted by atomic mass is 16.5. The third-order valence-corrected chi connectivity index (χ3v) is 4.57. The van der Waals surface area contributed by atoms with Crippen molar-refractivity contribution in [2.45, 2.75) is 26.2 Å². The topological polar surface area (TPSA) is 96.2 Å². The van der Waals surface area contributed by atoms with Crippen LogP contribution in [-0.4, -0.2) is 34.8 Å². The first-order chi connectivity index (χ1) is 12.8. The summed E-state index contributed by atoms with van der Waals surface area (Å²) in [5, 5.41) is 30.0. The Kier molecular flexibility index (Phi) is 4.99. The van der Waals surface area contributed by atoms with Gasteiger partial charge in [0.15, 0.2) is 5.78 Å². The van der Waals surface area contributed by atoms with Gasteiger partial charge in [-0.05, 0) is 31.9 Å². The van der Waals surface area contributed by atoms with E-state index in [9.17, 15) is 20.1 Å². The smallest absolute Gasteiger partial charge is 0.181 e. The Morgan fingerprint density at radius 2 is 1.93 bits per heavy atom. The van der Waals surface area contributed by atoms with E-state index >= 15 is 0 Å². The molecule has 0 bridgehead atoms. The van der Waals surface area contributed by atoms with E-state index in [0.717, 1.165) is 11.6 Å². The second-order valence-corrected chi connectivity index (χ2v) is 6.77. The van der Waals surface area contributed by atoms with Gasteiger partial charge in [-0.15, -0.1) is 0 Å². The lowest BCUT2D eigenvalue weighted by molar-refractivity contribution is 0.0890. The SMILES string of the molecule is COc1cc(O)c(CC=C(C)C)cc1[C@@H]1COc2cc(O)cc(O)c2C1=O. The summed E-state index contributed by atoms with van der Waals surface area (Å²) in [7, 11) is 1.46. The highest BCUT2D eigenvalue weighted by molar-refractivity contribution is 6.06. The first-order valence-electron chi connectivity index (χ1n) is 8.58. The lowest BCUT2D eigenvalue weighted by atomic mass is 9.86. The van der Waals surface area contributed by atoms with Gasteiger partial charge in [0.05, 0.1) is 13.0 Å². The van der Waals surface area contributed by atoms with Crippen LogP contribution in [-0.2, 0) is 6.42 Å². The number of rotatable bonds is 4. The number of ketones is 1. The van der Waals surface area contributed by atoms with E-state index in [2.05, 4.69) is 0 Å². The van der Waals surface area contributed by atoms with E-state index in [-0.39, 0.29) is 41.0 Å². The predicted molar refractivity (Wildman–Crippen MR) is 100 cm³/mol. The third-order valence-electron chi connectivity index (χ3n) is 4.57. The van der Waals surface area contributed by atoms with Crippen molar-refractivity contribution in [3.63, 3.8) is 0 Å². The fourth-order valence-electron chi connectivity index (χ4n) is 3.16. The second kappa shape index (κ2) is 7.23. The molecule has 0 aliphatic carbocycles. The largest absolute Gasteiger partial charge is 0.508 e. The predicted octanol–water partition coefficient (Wildman–Crippen LogP) is 3.68. The Balaban J connectivity index is 2.06. The fourth-order valence-corrected chi connectivity index (χ4v) is 3.16. The van der Waals surface area contributed by atoms with Gasteiger partial charge in [-0.25, -0.2) is 0 Å². The number of allylic oxidation sites excluding steroid dienone is 2. The maximum atomic E-state index is 13.0. The van der Waals surface area contributed by atoms with Crippen LogP contribution in [0.1, 0.15) is 41.3 Å². The fraction of sp³-hybridized carbons (Fsp3) is 0.286. The number of Topliss-reactive ketones (excluding diaryl/α,β-unsaturated/α-hetero) is 1. The molecule has 0 fully saturated rings. The summed E-state index contributed by atoms with van der Waals surface area (Å²) >= 11 is 0.